The highest BCUT2D eigenvalue weighted by Crippen LogP contribution is 2.26. The molecule has 0 aliphatic heterocycles. The summed E-state index contributed by atoms with van der Waals surface area (Å²) in [5.74, 6) is -0.290. The normalized spacial score (nSPS) is 11.1. The molecule has 0 spiro atoms. The molecule has 0 unspecified atom stereocenters. The van der Waals surface area contributed by atoms with Crippen LogP contribution in [0.5, 0.6) is 0 Å². The second-order valence-corrected chi connectivity index (χ2v) is 7.09. The van der Waals surface area contributed by atoms with Gasteiger partial charge < -0.3 is 5.32 Å². The first-order valence-electron chi connectivity index (χ1n) is 6.08. The second-order valence-electron chi connectivity index (χ2n) is 4.09. The van der Waals surface area contributed by atoms with E-state index in [0.29, 0.717) is 22.1 Å². The molecule has 0 aliphatic carbocycles. The lowest BCUT2D eigenvalue weighted by atomic mass is 10.3. The Bertz CT molecular complexity index is 756. The number of thiophene rings is 1. The molecular weight excluding hydrogens is 332 g/mol. The molecule has 2 rings (SSSR count). The predicted molar refractivity (Wildman–Crippen MR) is 84.6 cm³/mol. The van der Waals surface area contributed by atoms with Crippen LogP contribution in [0.4, 0.5) is 5.69 Å². The van der Waals surface area contributed by atoms with Crippen molar-refractivity contribution in [3.05, 3.63) is 45.6 Å². The molecule has 0 atom stereocenters. The maximum Gasteiger partial charge on any atom is 0.262 e. The molecule has 21 heavy (non-hydrogen) atoms. The van der Waals surface area contributed by atoms with Crippen LogP contribution in [-0.4, -0.2) is 20.9 Å². The van der Waals surface area contributed by atoms with Gasteiger partial charge in [0.1, 0.15) is 0 Å². The molecule has 8 heteroatoms. The van der Waals surface area contributed by atoms with Crippen LogP contribution in [0.3, 0.4) is 0 Å². The Labute approximate surface area is 132 Å². The summed E-state index contributed by atoms with van der Waals surface area (Å²) in [6.07, 6.45) is 0. The quantitative estimate of drug-likeness (QED) is 0.875. The Morgan fingerprint density at radius 3 is 2.71 bits per heavy atom. The summed E-state index contributed by atoms with van der Waals surface area (Å²) in [6, 6.07) is 7.88. The third kappa shape index (κ3) is 3.75. The zero-order chi connectivity index (χ0) is 15.5. The summed E-state index contributed by atoms with van der Waals surface area (Å²) in [5.41, 5.74) is 0.296. The molecular formula is C13H13ClN2O3S2. The van der Waals surface area contributed by atoms with E-state index in [0.717, 1.165) is 11.3 Å². The summed E-state index contributed by atoms with van der Waals surface area (Å²) in [4.78, 5) is 12.0. The van der Waals surface area contributed by atoms with E-state index in [4.69, 9.17) is 11.6 Å². The van der Waals surface area contributed by atoms with Gasteiger partial charge in [0.25, 0.3) is 15.9 Å². The van der Waals surface area contributed by atoms with Gasteiger partial charge in [-0.3, -0.25) is 9.52 Å². The molecule has 0 saturated carbocycles. The molecule has 0 bridgehead atoms. The van der Waals surface area contributed by atoms with Gasteiger partial charge in [-0.05, 0) is 25.1 Å². The van der Waals surface area contributed by atoms with E-state index in [9.17, 15) is 13.2 Å². The highest BCUT2D eigenvalue weighted by Gasteiger charge is 2.19. The Balaban J connectivity index is 2.25. The number of benzene rings is 1. The van der Waals surface area contributed by atoms with Crippen molar-refractivity contribution in [2.45, 2.75) is 11.8 Å². The summed E-state index contributed by atoms with van der Waals surface area (Å²) in [6.45, 7) is 2.28. The Morgan fingerprint density at radius 2 is 2.05 bits per heavy atom. The van der Waals surface area contributed by atoms with Crippen LogP contribution in [0.25, 0.3) is 0 Å². The number of hydrogen-bond acceptors (Lipinski definition) is 4. The average Bonchev–Trinajstić information content (AvgIpc) is 2.92. The van der Waals surface area contributed by atoms with Gasteiger partial charge in [0.05, 0.1) is 20.5 Å². The van der Waals surface area contributed by atoms with Gasteiger partial charge in [-0.1, -0.05) is 23.7 Å². The third-order valence-corrected chi connectivity index (χ3v) is 5.32. The van der Waals surface area contributed by atoms with Crippen molar-refractivity contribution in [3.8, 4) is 0 Å². The number of anilines is 1. The number of halogens is 1. The number of para-hydroxylation sites is 1. The maximum absolute atomic E-state index is 12.3. The Kier molecular flexibility index (Phi) is 4.87. The molecule has 112 valence electrons. The summed E-state index contributed by atoms with van der Waals surface area (Å²) >= 11 is 7.00. The molecule has 1 aromatic heterocycles. The van der Waals surface area contributed by atoms with Gasteiger partial charge >= 0.3 is 0 Å². The van der Waals surface area contributed by atoms with E-state index in [-0.39, 0.29) is 10.8 Å². The predicted octanol–water partition coefficient (Wildman–Crippen LogP) is 2.95. The van der Waals surface area contributed by atoms with E-state index in [2.05, 4.69) is 10.0 Å². The van der Waals surface area contributed by atoms with E-state index in [1.54, 1.807) is 31.2 Å². The molecule has 0 radical (unpaired) electrons. The molecule has 0 saturated heterocycles. The molecule has 1 aromatic carbocycles. The standard InChI is InChI=1S/C13H13ClN2O3S2/c1-2-15-13(17)12-7-9(8-20-12)21(18,19)16-11-6-4-3-5-10(11)14/h3-8,16H,2H2,1H3,(H,15,17). The van der Waals surface area contributed by atoms with E-state index in [1.165, 1.54) is 11.4 Å². The first-order valence-corrected chi connectivity index (χ1v) is 8.82. The zero-order valence-electron chi connectivity index (χ0n) is 11.1. The zero-order valence-corrected chi connectivity index (χ0v) is 13.5. The fourth-order valence-electron chi connectivity index (χ4n) is 1.57. The first kappa shape index (κ1) is 15.8. The van der Waals surface area contributed by atoms with Gasteiger partial charge in [0.2, 0.25) is 0 Å². The summed E-state index contributed by atoms with van der Waals surface area (Å²) in [5, 5.41) is 4.35. The van der Waals surface area contributed by atoms with Crippen LogP contribution in [-0.2, 0) is 10.0 Å². The van der Waals surface area contributed by atoms with Crippen LogP contribution in [0, 0.1) is 0 Å². The molecule has 0 aliphatic rings. The SMILES string of the molecule is CCNC(=O)c1cc(S(=O)(=O)Nc2ccccc2Cl)cs1. The van der Waals surface area contributed by atoms with Crippen molar-refractivity contribution in [3.63, 3.8) is 0 Å². The fourth-order valence-corrected chi connectivity index (χ4v) is 4.08. The van der Waals surface area contributed by atoms with Gasteiger partial charge in [-0.15, -0.1) is 11.3 Å². The second kappa shape index (κ2) is 6.46. The van der Waals surface area contributed by atoms with Gasteiger partial charge in [0.15, 0.2) is 0 Å². The molecule has 1 heterocycles. The summed E-state index contributed by atoms with van der Waals surface area (Å²) in [7, 11) is -3.77. The Morgan fingerprint density at radius 1 is 1.33 bits per heavy atom. The van der Waals surface area contributed by atoms with Crippen molar-refractivity contribution in [2.75, 3.05) is 11.3 Å². The van der Waals surface area contributed by atoms with E-state index < -0.39 is 10.0 Å². The third-order valence-electron chi connectivity index (χ3n) is 2.57. The van der Waals surface area contributed by atoms with Crippen LogP contribution in [0.2, 0.25) is 5.02 Å². The van der Waals surface area contributed by atoms with Crippen LogP contribution in [0.15, 0.2) is 40.6 Å². The van der Waals surface area contributed by atoms with Crippen molar-refractivity contribution >= 4 is 44.6 Å². The van der Waals surface area contributed by atoms with Crippen molar-refractivity contribution in [1.82, 2.24) is 5.32 Å². The number of nitrogens with one attached hydrogen (secondary N) is 2. The highest BCUT2D eigenvalue weighted by atomic mass is 35.5. The largest absolute Gasteiger partial charge is 0.352 e. The molecule has 1 amide bonds. The van der Waals surface area contributed by atoms with Gasteiger partial charge in [-0.25, -0.2) is 8.42 Å². The first-order chi connectivity index (χ1) is 9.94. The van der Waals surface area contributed by atoms with E-state index >= 15 is 0 Å². The molecule has 2 aromatic rings. The lowest BCUT2D eigenvalue weighted by Crippen LogP contribution is -2.21. The molecule has 2 N–H and O–H groups in total. The van der Waals surface area contributed by atoms with Crippen LogP contribution in [0.1, 0.15) is 16.6 Å². The number of hydrogen-bond donors (Lipinski definition) is 2. The number of sulfonamides is 1. The number of carbonyl (C=O) groups is 1. The number of rotatable bonds is 5. The monoisotopic (exact) mass is 344 g/mol. The van der Waals surface area contributed by atoms with Crippen LogP contribution >= 0.6 is 22.9 Å². The smallest absolute Gasteiger partial charge is 0.262 e. The van der Waals surface area contributed by atoms with Crippen molar-refractivity contribution in [1.29, 1.82) is 0 Å². The van der Waals surface area contributed by atoms with Gasteiger partial charge in [0, 0.05) is 11.9 Å². The summed E-state index contributed by atoms with van der Waals surface area (Å²) < 4.78 is 26.9. The molecule has 5 nitrogen and oxygen atoms in total. The lowest BCUT2D eigenvalue weighted by Gasteiger charge is -2.07. The van der Waals surface area contributed by atoms with Crippen LogP contribution < -0.4 is 10.0 Å². The van der Waals surface area contributed by atoms with Crippen molar-refractivity contribution in [2.24, 2.45) is 0 Å². The van der Waals surface area contributed by atoms with Gasteiger partial charge in [-0.2, -0.15) is 0 Å². The minimum Gasteiger partial charge on any atom is -0.352 e. The Hall–Kier alpha value is -1.57. The minimum absolute atomic E-state index is 0.0358. The fraction of sp³-hybridized carbons (Fsp3) is 0.154. The van der Waals surface area contributed by atoms with E-state index in [1.807, 2.05) is 0 Å². The average molecular weight is 345 g/mol. The number of amides is 1. The lowest BCUT2D eigenvalue weighted by molar-refractivity contribution is 0.0959. The minimum atomic E-state index is -3.77. The maximum atomic E-state index is 12.3. The highest BCUT2D eigenvalue weighted by molar-refractivity contribution is 7.92. The molecule has 0 fully saturated rings. The number of carbonyl (C=O) groups excluding carboxylic acids is 1. The van der Waals surface area contributed by atoms with Crippen molar-refractivity contribution < 1.29 is 13.2 Å². The topological polar surface area (TPSA) is 75.3 Å².